The van der Waals surface area contributed by atoms with Crippen LogP contribution in [0.3, 0.4) is 0 Å². The number of pyridine rings is 2. The number of thiazole rings is 1. The number of carboxylic acids is 2. The molecule has 0 unspecified atom stereocenters. The molecule has 0 atom stereocenters. The van der Waals surface area contributed by atoms with E-state index in [2.05, 4.69) is 15.3 Å². The third-order valence-corrected chi connectivity index (χ3v) is 7.00. The summed E-state index contributed by atoms with van der Waals surface area (Å²) < 4.78 is 33.1. The number of nitrogens with zero attached hydrogens (tertiary/aromatic N) is 4. The quantitative estimate of drug-likeness (QED) is 0.232. The van der Waals surface area contributed by atoms with Gasteiger partial charge in [0.05, 0.1) is 25.1 Å². The number of amides is 2. The van der Waals surface area contributed by atoms with Crippen LogP contribution in [0.15, 0.2) is 64.5 Å². The van der Waals surface area contributed by atoms with E-state index in [-0.39, 0.29) is 36.8 Å². The summed E-state index contributed by atoms with van der Waals surface area (Å²) in [4.78, 5) is 68.8. The largest absolute Gasteiger partial charge is 0.506 e. The molecule has 234 valence electrons. The molecule has 0 bridgehead atoms. The van der Waals surface area contributed by atoms with E-state index in [9.17, 15) is 37.5 Å². The van der Waals surface area contributed by atoms with Crippen molar-refractivity contribution in [3.8, 4) is 16.9 Å². The Labute approximate surface area is 254 Å². The van der Waals surface area contributed by atoms with Gasteiger partial charge in [0.25, 0.3) is 17.4 Å². The molecule has 1 aliphatic rings. The number of hydrogen-bond acceptors (Lipinski definition) is 9. The molecule has 4 heterocycles. The highest BCUT2D eigenvalue weighted by Gasteiger charge is 2.38. The lowest BCUT2D eigenvalue weighted by atomic mass is 10.0. The number of halogens is 3. The molecule has 0 aliphatic carbocycles. The summed E-state index contributed by atoms with van der Waals surface area (Å²) in [6.07, 6.45) is -1.70. The van der Waals surface area contributed by atoms with Gasteiger partial charge in [-0.05, 0) is 28.8 Å². The van der Waals surface area contributed by atoms with Crippen molar-refractivity contribution >= 4 is 35.1 Å². The van der Waals surface area contributed by atoms with Crippen LogP contribution in [-0.2, 0) is 29.2 Å². The second-order valence-corrected chi connectivity index (χ2v) is 10.1. The topological polar surface area (TPSA) is 192 Å². The fourth-order valence-electron chi connectivity index (χ4n) is 4.39. The second-order valence-electron chi connectivity index (χ2n) is 9.40. The summed E-state index contributed by atoms with van der Waals surface area (Å²) in [6.45, 7) is -0.704. The van der Waals surface area contributed by atoms with Crippen molar-refractivity contribution < 1.29 is 47.7 Å². The minimum absolute atomic E-state index is 0.0216. The molecule has 0 saturated carbocycles. The smallest absolute Gasteiger partial charge is 0.490 e. The maximum absolute atomic E-state index is 13.6. The summed E-state index contributed by atoms with van der Waals surface area (Å²) in [5, 5.41) is 30.8. The number of hydrogen-bond donors (Lipinski definition) is 4. The average molecular weight is 646 g/mol. The lowest BCUT2D eigenvalue weighted by molar-refractivity contribution is -0.192. The van der Waals surface area contributed by atoms with Gasteiger partial charge in [-0.25, -0.2) is 9.78 Å². The Hall–Kier alpha value is -5.58. The van der Waals surface area contributed by atoms with Gasteiger partial charge in [-0.1, -0.05) is 24.3 Å². The number of fused-ring (bicyclic) bond motifs is 1. The predicted octanol–water partition coefficient (Wildman–Crippen LogP) is 2.72. The molecular formula is C28H22F3N5O8S. The highest BCUT2D eigenvalue weighted by molar-refractivity contribution is 7.07. The molecule has 0 saturated heterocycles. The van der Waals surface area contributed by atoms with Crippen LogP contribution in [0.4, 0.5) is 13.2 Å². The van der Waals surface area contributed by atoms with Crippen molar-refractivity contribution in [1.29, 1.82) is 0 Å². The third-order valence-electron chi connectivity index (χ3n) is 6.42. The Morgan fingerprint density at radius 3 is 2.36 bits per heavy atom. The Balaban J connectivity index is 0.000000591. The van der Waals surface area contributed by atoms with Crippen molar-refractivity contribution in [3.05, 3.63) is 98.1 Å². The standard InChI is InChI=1S/C26H21N5O6S.C2HF3O2/c32-21(33)9-28-24(35)22-23(34)18-11-30(25(36)19-13-38-14-29-19)12-20(18)31(26(22)37)10-15-3-1-4-16(7-15)17-5-2-6-27-8-17;3-2(4,5)1(6)7/h1-8,13-14,34H,9-12H2,(H,28,35)(H,32,33);(H,6,7). The summed E-state index contributed by atoms with van der Waals surface area (Å²) in [5.74, 6) is -6.02. The van der Waals surface area contributed by atoms with Gasteiger partial charge in [0.2, 0.25) is 0 Å². The zero-order valence-corrected chi connectivity index (χ0v) is 23.6. The lowest BCUT2D eigenvalue weighted by Crippen LogP contribution is -2.37. The van der Waals surface area contributed by atoms with Crippen LogP contribution in [0, 0.1) is 0 Å². The van der Waals surface area contributed by atoms with Gasteiger partial charge in [-0.3, -0.25) is 24.2 Å². The summed E-state index contributed by atoms with van der Waals surface area (Å²) in [5.41, 5.74) is 3.53. The minimum Gasteiger partial charge on any atom is -0.506 e. The molecule has 13 nitrogen and oxygen atoms in total. The zero-order chi connectivity index (χ0) is 32.9. The summed E-state index contributed by atoms with van der Waals surface area (Å²) in [7, 11) is 0. The van der Waals surface area contributed by atoms with E-state index >= 15 is 0 Å². The first-order chi connectivity index (χ1) is 21.3. The fraction of sp³-hybridized carbons (Fsp3) is 0.179. The van der Waals surface area contributed by atoms with Crippen molar-refractivity contribution in [2.75, 3.05) is 6.54 Å². The molecule has 1 aliphatic heterocycles. The van der Waals surface area contributed by atoms with Crippen LogP contribution >= 0.6 is 11.3 Å². The number of carbonyl (C=O) groups is 4. The fourth-order valence-corrected chi connectivity index (χ4v) is 4.91. The number of carbonyl (C=O) groups excluding carboxylic acids is 2. The Morgan fingerprint density at radius 1 is 1.04 bits per heavy atom. The zero-order valence-electron chi connectivity index (χ0n) is 22.8. The number of aliphatic carboxylic acids is 2. The first-order valence-corrected chi connectivity index (χ1v) is 13.7. The molecule has 17 heteroatoms. The number of alkyl halides is 3. The van der Waals surface area contributed by atoms with Gasteiger partial charge in [0.1, 0.15) is 23.6 Å². The molecular weight excluding hydrogens is 623 g/mol. The third kappa shape index (κ3) is 7.50. The molecule has 1 aromatic carbocycles. The normalized spacial score (nSPS) is 12.1. The Kier molecular flexibility index (Phi) is 9.61. The van der Waals surface area contributed by atoms with Gasteiger partial charge >= 0.3 is 18.1 Å². The highest BCUT2D eigenvalue weighted by Crippen LogP contribution is 2.33. The average Bonchev–Trinajstić information content (AvgIpc) is 3.70. The maximum atomic E-state index is 13.6. The summed E-state index contributed by atoms with van der Waals surface area (Å²) in [6, 6.07) is 11.2. The van der Waals surface area contributed by atoms with E-state index in [0.717, 1.165) is 16.7 Å². The number of carboxylic acid groups (broad SMARTS) is 2. The minimum atomic E-state index is -5.08. The van der Waals surface area contributed by atoms with Crippen molar-refractivity contribution in [1.82, 2.24) is 24.8 Å². The van der Waals surface area contributed by atoms with Crippen LogP contribution in [-0.4, -0.2) is 71.2 Å². The van der Waals surface area contributed by atoms with E-state index in [1.54, 1.807) is 17.8 Å². The van der Waals surface area contributed by atoms with Gasteiger partial charge in [0, 0.05) is 29.0 Å². The van der Waals surface area contributed by atoms with Crippen LogP contribution in [0.25, 0.3) is 11.1 Å². The van der Waals surface area contributed by atoms with E-state index in [1.807, 2.05) is 36.4 Å². The monoisotopic (exact) mass is 645 g/mol. The molecule has 0 radical (unpaired) electrons. The van der Waals surface area contributed by atoms with Crippen LogP contribution in [0.5, 0.6) is 5.75 Å². The predicted molar refractivity (Wildman–Crippen MR) is 150 cm³/mol. The SMILES string of the molecule is O=C(O)C(F)(F)F.O=C(O)CNC(=O)c1c(O)c2c(n(Cc3cccc(-c4cccnc4)c3)c1=O)CN(C(=O)c1cscn1)C2. The van der Waals surface area contributed by atoms with Crippen molar-refractivity contribution in [2.45, 2.75) is 25.8 Å². The van der Waals surface area contributed by atoms with Crippen LogP contribution in [0.1, 0.15) is 37.7 Å². The lowest BCUT2D eigenvalue weighted by Gasteiger charge is -2.16. The first kappa shape index (κ1) is 32.3. The molecule has 0 fully saturated rings. The Morgan fingerprint density at radius 2 is 1.76 bits per heavy atom. The van der Waals surface area contributed by atoms with Crippen molar-refractivity contribution in [2.24, 2.45) is 0 Å². The molecule has 5 rings (SSSR count). The number of aromatic nitrogens is 3. The molecule has 45 heavy (non-hydrogen) atoms. The van der Waals surface area contributed by atoms with Gasteiger partial charge in [-0.2, -0.15) is 13.2 Å². The Bertz CT molecular complexity index is 1810. The van der Waals surface area contributed by atoms with Gasteiger partial charge < -0.3 is 30.1 Å². The number of benzene rings is 1. The van der Waals surface area contributed by atoms with Crippen LogP contribution in [0.2, 0.25) is 0 Å². The van der Waals surface area contributed by atoms with Gasteiger partial charge in [-0.15, -0.1) is 11.3 Å². The van der Waals surface area contributed by atoms with E-state index in [4.69, 9.17) is 15.0 Å². The van der Waals surface area contributed by atoms with Crippen molar-refractivity contribution in [3.63, 3.8) is 0 Å². The maximum Gasteiger partial charge on any atom is 0.490 e. The molecule has 4 N–H and O–H groups in total. The van der Waals surface area contributed by atoms with E-state index in [1.165, 1.54) is 26.3 Å². The molecule has 3 aromatic heterocycles. The van der Waals surface area contributed by atoms with Crippen LogP contribution < -0.4 is 10.9 Å². The van der Waals surface area contributed by atoms with E-state index < -0.39 is 47.4 Å². The molecule has 4 aromatic rings. The number of nitrogens with one attached hydrogen (secondary N) is 1. The number of aromatic hydroxyl groups is 1. The molecule has 2 amide bonds. The van der Waals surface area contributed by atoms with E-state index in [0.29, 0.717) is 5.69 Å². The number of rotatable bonds is 7. The first-order valence-electron chi connectivity index (χ1n) is 12.7. The van der Waals surface area contributed by atoms with Gasteiger partial charge in [0.15, 0.2) is 0 Å². The highest BCUT2D eigenvalue weighted by atomic mass is 32.1. The molecule has 0 spiro atoms. The second kappa shape index (κ2) is 13.4. The summed E-state index contributed by atoms with van der Waals surface area (Å²) >= 11 is 1.27.